The van der Waals surface area contributed by atoms with Gasteiger partial charge in [0.2, 0.25) is 6.79 Å². The number of ether oxygens (including phenoxy) is 2. The van der Waals surface area contributed by atoms with Crippen LogP contribution in [0.1, 0.15) is 12.5 Å². The highest BCUT2D eigenvalue weighted by atomic mass is 16.7. The summed E-state index contributed by atoms with van der Waals surface area (Å²) in [6.07, 6.45) is 0. The molecule has 5 nitrogen and oxygen atoms in total. The van der Waals surface area contributed by atoms with E-state index < -0.39 is 0 Å². The molecule has 0 fully saturated rings. The molecule has 0 bridgehead atoms. The van der Waals surface area contributed by atoms with E-state index in [9.17, 15) is 0 Å². The van der Waals surface area contributed by atoms with Crippen LogP contribution in [0.3, 0.4) is 0 Å². The lowest BCUT2D eigenvalue weighted by atomic mass is 10.1. The zero-order chi connectivity index (χ0) is 10.1. The second-order valence-electron chi connectivity index (χ2n) is 2.98. The van der Waals surface area contributed by atoms with E-state index in [0.717, 1.165) is 0 Å². The summed E-state index contributed by atoms with van der Waals surface area (Å²) in [5, 5.41) is 11.7. The molecular weight excluding hydrogens is 184 g/mol. The Morgan fingerprint density at radius 3 is 2.71 bits per heavy atom. The molecule has 1 aliphatic rings. The second kappa shape index (κ2) is 3.10. The fourth-order valence-electron chi connectivity index (χ4n) is 1.32. The normalized spacial score (nSPS) is 14.5. The Morgan fingerprint density at radius 2 is 2.07 bits per heavy atom. The third-order valence-electron chi connectivity index (χ3n) is 2.08. The van der Waals surface area contributed by atoms with Crippen molar-refractivity contribution < 1.29 is 14.7 Å². The molecule has 0 amide bonds. The van der Waals surface area contributed by atoms with Crippen LogP contribution in [0, 0.1) is 0 Å². The van der Waals surface area contributed by atoms with E-state index in [-0.39, 0.29) is 6.79 Å². The number of benzene rings is 1. The van der Waals surface area contributed by atoms with Crippen molar-refractivity contribution in [3.05, 3.63) is 17.7 Å². The molecule has 0 saturated carbocycles. The molecule has 0 spiro atoms. The number of nitrogens with zero attached hydrogens (tertiary/aromatic N) is 1. The molecule has 5 heteroatoms. The molecule has 0 aromatic heterocycles. The summed E-state index contributed by atoms with van der Waals surface area (Å²) in [5.74, 6) is 1.24. The highest BCUT2D eigenvalue weighted by molar-refractivity contribution is 6.03. The van der Waals surface area contributed by atoms with Gasteiger partial charge in [-0.3, -0.25) is 0 Å². The first kappa shape index (κ1) is 8.68. The molecule has 0 radical (unpaired) electrons. The molecule has 3 N–H and O–H groups in total. The van der Waals surface area contributed by atoms with Crippen molar-refractivity contribution in [1.29, 1.82) is 0 Å². The quantitative estimate of drug-likeness (QED) is 0.305. The van der Waals surface area contributed by atoms with Gasteiger partial charge in [-0.25, -0.2) is 0 Å². The number of fused-ring (bicyclic) bond motifs is 1. The molecule has 0 aliphatic carbocycles. The predicted molar refractivity (Wildman–Crippen MR) is 51.0 cm³/mol. The van der Waals surface area contributed by atoms with Gasteiger partial charge in [0.05, 0.1) is 5.71 Å². The lowest BCUT2D eigenvalue weighted by Gasteiger charge is -2.05. The van der Waals surface area contributed by atoms with Crippen molar-refractivity contribution in [2.45, 2.75) is 6.92 Å². The average molecular weight is 194 g/mol. The smallest absolute Gasteiger partial charge is 0.231 e. The maximum Gasteiger partial charge on any atom is 0.231 e. The van der Waals surface area contributed by atoms with E-state index in [4.69, 9.17) is 20.4 Å². The van der Waals surface area contributed by atoms with E-state index in [1.807, 2.05) is 0 Å². The van der Waals surface area contributed by atoms with Gasteiger partial charge < -0.3 is 20.4 Å². The molecule has 0 saturated heterocycles. The van der Waals surface area contributed by atoms with Gasteiger partial charge in [-0.05, 0) is 13.0 Å². The Labute approximate surface area is 80.7 Å². The van der Waals surface area contributed by atoms with Crippen molar-refractivity contribution >= 4 is 11.4 Å². The number of anilines is 1. The largest absolute Gasteiger partial charge is 0.454 e. The number of hydrogen-bond donors (Lipinski definition) is 2. The standard InChI is InChI=1S/C9H10N2O3/c1-5(11-12)6-2-8-9(3-7(6)10)14-4-13-8/h2-3,12H,4,10H2,1H3. The number of nitrogens with two attached hydrogens (primary N) is 1. The number of rotatable bonds is 1. The number of nitrogen functional groups attached to an aromatic ring is 1. The lowest BCUT2D eigenvalue weighted by Crippen LogP contribution is -2.00. The first-order valence-corrected chi connectivity index (χ1v) is 4.10. The van der Waals surface area contributed by atoms with Gasteiger partial charge in [-0.1, -0.05) is 5.16 Å². The summed E-state index contributed by atoms with van der Waals surface area (Å²) in [6, 6.07) is 3.36. The molecule has 74 valence electrons. The Morgan fingerprint density at radius 1 is 1.43 bits per heavy atom. The lowest BCUT2D eigenvalue weighted by molar-refractivity contribution is 0.174. The SMILES string of the molecule is CC(=NO)c1cc2c(cc1N)OCO2. The number of hydrogen-bond acceptors (Lipinski definition) is 5. The van der Waals surface area contributed by atoms with Crippen LogP contribution >= 0.6 is 0 Å². The highest BCUT2D eigenvalue weighted by Gasteiger charge is 2.17. The molecule has 0 atom stereocenters. The molecule has 0 unspecified atom stereocenters. The van der Waals surface area contributed by atoms with Gasteiger partial charge >= 0.3 is 0 Å². The third kappa shape index (κ3) is 1.22. The van der Waals surface area contributed by atoms with Gasteiger partial charge in [0.1, 0.15) is 0 Å². The van der Waals surface area contributed by atoms with Crippen LogP contribution in [-0.2, 0) is 0 Å². The molecule has 2 rings (SSSR count). The fraction of sp³-hybridized carbons (Fsp3) is 0.222. The summed E-state index contributed by atoms with van der Waals surface area (Å²) >= 11 is 0. The van der Waals surface area contributed by atoms with E-state index in [1.54, 1.807) is 19.1 Å². The van der Waals surface area contributed by atoms with Crippen LogP contribution in [0.4, 0.5) is 5.69 Å². The van der Waals surface area contributed by atoms with E-state index in [1.165, 1.54) is 0 Å². The molecule has 1 heterocycles. The Bertz CT molecular complexity index is 401. The van der Waals surface area contributed by atoms with Crippen molar-refractivity contribution in [1.82, 2.24) is 0 Å². The third-order valence-corrected chi connectivity index (χ3v) is 2.08. The Kier molecular flexibility index (Phi) is 1.92. The monoisotopic (exact) mass is 194 g/mol. The summed E-state index contributed by atoms with van der Waals surface area (Å²) in [6.45, 7) is 1.86. The summed E-state index contributed by atoms with van der Waals surface area (Å²) in [4.78, 5) is 0. The van der Waals surface area contributed by atoms with Gasteiger partial charge in [-0.2, -0.15) is 0 Å². The van der Waals surface area contributed by atoms with Gasteiger partial charge in [0.15, 0.2) is 11.5 Å². The van der Waals surface area contributed by atoms with Gasteiger partial charge in [-0.15, -0.1) is 0 Å². The molecule has 14 heavy (non-hydrogen) atoms. The molecular formula is C9H10N2O3. The van der Waals surface area contributed by atoms with Crippen LogP contribution < -0.4 is 15.2 Å². The first-order chi connectivity index (χ1) is 6.72. The maximum absolute atomic E-state index is 8.62. The minimum atomic E-state index is 0.202. The Balaban J connectivity index is 2.53. The highest BCUT2D eigenvalue weighted by Crippen LogP contribution is 2.36. The van der Waals surface area contributed by atoms with E-state index in [0.29, 0.717) is 28.5 Å². The zero-order valence-corrected chi connectivity index (χ0v) is 7.65. The van der Waals surface area contributed by atoms with Crippen LogP contribution in [-0.4, -0.2) is 17.7 Å². The summed E-state index contributed by atoms with van der Waals surface area (Å²) < 4.78 is 10.3. The average Bonchev–Trinajstić information content (AvgIpc) is 2.62. The number of oxime groups is 1. The zero-order valence-electron chi connectivity index (χ0n) is 7.65. The molecule has 1 aliphatic heterocycles. The summed E-state index contributed by atoms with van der Waals surface area (Å²) in [5.41, 5.74) is 7.34. The second-order valence-corrected chi connectivity index (χ2v) is 2.98. The Hall–Kier alpha value is -1.91. The topological polar surface area (TPSA) is 77.1 Å². The first-order valence-electron chi connectivity index (χ1n) is 4.10. The van der Waals surface area contributed by atoms with E-state index >= 15 is 0 Å². The predicted octanol–water partition coefficient (Wildman–Crippen LogP) is 1.20. The van der Waals surface area contributed by atoms with Crippen LogP contribution in [0.2, 0.25) is 0 Å². The van der Waals surface area contributed by atoms with Gasteiger partial charge in [0, 0.05) is 17.3 Å². The molecule has 1 aromatic carbocycles. The van der Waals surface area contributed by atoms with Crippen molar-refractivity contribution in [2.24, 2.45) is 5.16 Å². The summed E-state index contributed by atoms with van der Waals surface area (Å²) in [7, 11) is 0. The minimum absolute atomic E-state index is 0.202. The van der Waals surface area contributed by atoms with Crippen molar-refractivity contribution in [3.63, 3.8) is 0 Å². The van der Waals surface area contributed by atoms with Crippen molar-refractivity contribution in [2.75, 3.05) is 12.5 Å². The molecule has 1 aromatic rings. The minimum Gasteiger partial charge on any atom is -0.454 e. The fourth-order valence-corrected chi connectivity index (χ4v) is 1.32. The van der Waals surface area contributed by atoms with E-state index in [2.05, 4.69) is 5.16 Å². The van der Waals surface area contributed by atoms with Crippen LogP contribution in [0.15, 0.2) is 17.3 Å². The maximum atomic E-state index is 8.62. The van der Waals surface area contributed by atoms with Gasteiger partial charge in [0.25, 0.3) is 0 Å². The van der Waals surface area contributed by atoms with Crippen molar-refractivity contribution in [3.8, 4) is 11.5 Å². The van der Waals surface area contributed by atoms with Crippen LogP contribution in [0.5, 0.6) is 11.5 Å². The van der Waals surface area contributed by atoms with Crippen LogP contribution in [0.25, 0.3) is 0 Å².